The van der Waals surface area contributed by atoms with Gasteiger partial charge in [-0.25, -0.2) is 0 Å². The zero-order valence-corrected chi connectivity index (χ0v) is 12.3. The van der Waals surface area contributed by atoms with Crippen molar-refractivity contribution in [3.63, 3.8) is 0 Å². The lowest BCUT2D eigenvalue weighted by molar-refractivity contribution is -0.274. The van der Waals surface area contributed by atoms with Gasteiger partial charge in [0.15, 0.2) is 0 Å². The lowest BCUT2D eigenvalue weighted by atomic mass is 9.89. The largest absolute Gasteiger partial charge is 0.573 e. The summed E-state index contributed by atoms with van der Waals surface area (Å²) in [6.07, 6.45) is -0.0873. The fourth-order valence-corrected chi connectivity index (χ4v) is 2.47. The van der Waals surface area contributed by atoms with Crippen molar-refractivity contribution in [1.82, 2.24) is 10.9 Å². The smallest absolute Gasteiger partial charge is 0.406 e. The van der Waals surface area contributed by atoms with Crippen LogP contribution in [-0.2, 0) is 4.79 Å². The van der Waals surface area contributed by atoms with E-state index in [-0.39, 0.29) is 17.4 Å². The Bertz CT molecular complexity index is 552. The fourth-order valence-electron chi connectivity index (χ4n) is 2.47. The van der Waals surface area contributed by atoms with E-state index in [9.17, 15) is 22.8 Å². The number of carbonyl (C=O) groups excluding carboxylic acids is 2. The predicted molar refractivity (Wildman–Crippen MR) is 75.3 cm³/mol. The lowest BCUT2D eigenvalue weighted by Gasteiger charge is -2.20. The standard InChI is InChI=1S/C15H17F3N2O3/c16-15(17,18)23-12-8-6-11(7-9-12)14(22)20-19-13(21)10-4-2-1-3-5-10/h6-10H,1-5H2,(H,19,21)(H,20,22). The van der Waals surface area contributed by atoms with Crippen molar-refractivity contribution in [2.24, 2.45) is 5.92 Å². The van der Waals surface area contributed by atoms with Crippen molar-refractivity contribution in [3.05, 3.63) is 29.8 Å². The number of halogens is 3. The fraction of sp³-hybridized carbons (Fsp3) is 0.467. The number of benzene rings is 1. The summed E-state index contributed by atoms with van der Waals surface area (Å²) in [5, 5.41) is 0. The molecule has 0 atom stereocenters. The molecule has 126 valence electrons. The van der Waals surface area contributed by atoms with Crippen LogP contribution in [0.25, 0.3) is 0 Å². The molecule has 1 aliphatic carbocycles. The van der Waals surface area contributed by atoms with Crippen molar-refractivity contribution in [3.8, 4) is 5.75 Å². The molecule has 2 N–H and O–H groups in total. The average molecular weight is 330 g/mol. The Kier molecular flexibility index (Phi) is 5.46. The topological polar surface area (TPSA) is 67.4 Å². The van der Waals surface area contributed by atoms with Crippen LogP contribution in [0.5, 0.6) is 5.75 Å². The van der Waals surface area contributed by atoms with Gasteiger partial charge in [0.1, 0.15) is 5.75 Å². The summed E-state index contributed by atoms with van der Waals surface area (Å²) in [7, 11) is 0. The first-order valence-corrected chi connectivity index (χ1v) is 7.31. The molecule has 23 heavy (non-hydrogen) atoms. The van der Waals surface area contributed by atoms with E-state index in [1.807, 2.05) is 0 Å². The predicted octanol–water partition coefficient (Wildman–Crippen LogP) is 2.93. The molecular weight excluding hydrogens is 313 g/mol. The normalized spacial score (nSPS) is 15.8. The Morgan fingerprint density at radius 1 is 1.00 bits per heavy atom. The zero-order valence-electron chi connectivity index (χ0n) is 12.3. The maximum Gasteiger partial charge on any atom is 0.573 e. The van der Waals surface area contributed by atoms with Crippen LogP contribution in [0.4, 0.5) is 13.2 Å². The van der Waals surface area contributed by atoms with E-state index < -0.39 is 18.0 Å². The van der Waals surface area contributed by atoms with Gasteiger partial charge >= 0.3 is 6.36 Å². The van der Waals surface area contributed by atoms with Gasteiger partial charge in [-0.1, -0.05) is 19.3 Å². The van der Waals surface area contributed by atoms with Crippen LogP contribution in [0.1, 0.15) is 42.5 Å². The first-order chi connectivity index (χ1) is 10.8. The third kappa shape index (κ3) is 5.46. The molecule has 2 amide bonds. The number of hydrogen-bond acceptors (Lipinski definition) is 3. The quantitative estimate of drug-likeness (QED) is 0.838. The number of carbonyl (C=O) groups is 2. The number of hydrogen-bond donors (Lipinski definition) is 2. The van der Waals surface area contributed by atoms with Gasteiger partial charge < -0.3 is 4.74 Å². The SMILES string of the molecule is O=C(NNC(=O)C1CCCCC1)c1ccc(OC(F)(F)F)cc1. The van der Waals surface area contributed by atoms with Gasteiger partial charge in [-0.3, -0.25) is 20.4 Å². The zero-order chi connectivity index (χ0) is 16.9. The Morgan fingerprint density at radius 3 is 2.17 bits per heavy atom. The third-order valence-electron chi connectivity index (χ3n) is 3.63. The van der Waals surface area contributed by atoms with Gasteiger partial charge in [-0.2, -0.15) is 0 Å². The highest BCUT2D eigenvalue weighted by Crippen LogP contribution is 2.24. The van der Waals surface area contributed by atoms with Crippen LogP contribution in [0, 0.1) is 5.92 Å². The molecule has 0 unspecified atom stereocenters. The Labute approximate surface area is 131 Å². The van der Waals surface area contributed by atoms with Crippen molar-refractivity contribution >= 4 is 11.8 Å². The van der Waals surface area contributed by atoms with Crippen LogP contribution in [0.15, 0.2) is 24.3 Å². The molecule has 1 aromatic carbocycles. The van der Waals surface area contributed by atoms with E-state index in [0.717, 1.165) is 44.2 Å². The maximum absolute atomic E-state index is 12.0. The molecule has 8 heteroatoms. The minimum atomic E-state index is -4.78. The van der Waals surface area contributed by atoms with Gasteiger partial charge in [0.2, 0.25) is 5.91 Å². The summed E-state index contributed by atoms with van der Waals surface area (Å²) in [4.78, 5) is 23.7. The summed E-state index contributed by atoms with van der Waals surface area (Å²) < 4.78 is 39.8. The van der Waals surface area contributed by atoms with Crippen molar-refractivity contribution in [2.45, 2.75) is 38.5 Å². The van der Waals surface area contributed by atoms with Crippen LogP contribution >= 0.6 is 0 Å². The highest BCUT2D eigenvalue weighted by molar-refractivity contribution is 5.95. The van der Waals surface area contributed by atoms with Gasteiger partial charge in [0.05, 0.1) is 0 Å². The van der Waals surface area contributed by atoms with Crippen molar-refractivity contribution < 1.29 is 27.5 Å². The molecule has 2 rings (SSSR count). The van der Waals surface area contributed by atoms with Crippen LogP contribution in [-0.4, -0.2) is 18.2 Å². The first kappa shape index (κ1) is 17.1. The molecule has 0 saturated heterocycles. The Hall–Kier alpha value is -2.25. The molecule has 0 aliphatic heterocycles. The monoisotopic (exact) mass is 330 g/mol. The summed E-state index contributed by atoms with van der Waals surface area (Å²) in [5.41, 5.74) is 4.73. The number of hydrazine groups is 1. The number of alkyl halides is 3. The van der Waals surface area contributed by atoms with Crippen molar-refractivity contribution in [1.29, 1.82) is 0 Å². The Morgan fingerprint density at radius 2 is 1.61 bits per heavy atom. The highest BCUT2D eigenvalue weighted by Gasteiger charge is 2.31. The van der Waals surface area contributed by atoms with Crippen LogP contribution in [0.3, 0.4) is 0 Å². The van der Waals surface area contributed by atoms with Gasteiger partial charge in [0.25, 0.3) is 5.91 Å². The first-order valence-electron chi connectivity index (χ1n) is 7.31. The van der Waals surface area contributed by atoms with Gasteiger partial charge in [0, 0.05) is 11.5 Å². The molecule has 1 aromatic rings. The summed E-state index contributed by atoms with van der Waals surface area (Å²) in [6.45, 7) is 0. The van der Waals surface area contributed by atoms with E-state index in [1.54, 1.807) is 0 Å². The lowest BCUT2D eigenvalue weighted by Crippen LogP contribution is -2.44. The Balaban J connectivity index is 1.84. The second kappa shape index (κ2) is 7.34. The number of nitrogens with one attached hydrogen (secondary N) is 2. The average Bonchev–Trinajstić information content (AvgIpc) is 2.52. The summed E-state index contributed by atoms with van der Waals surface area (Å²) in [5.74, 6) is -1.37. The van der Waals surface area contributed by atoms with E-state index in [0.29, 0.717) is 0 Å². The van der Waals surface area contributed by atoms with Crippen LogP contribution in [0.2, 0.25) is 0 Å². The second-order valence-electron chi connectivity index (χ2n) is 5.35. The molecular formula is C15H17F3N2O3. The van der Waals surface area contributed by atoms with Crippen LogP contribution < -0.4 is 15.6 Å². The highest BCUT2D eigenvalue weighted by atomic mass is 19.4. The molecule has 0 spiro atoms. The summed E-state index contributed by atoms with van der Waals surface area (Å²) in [6, 6.07) is 4.43. The van der Waals surface area contributed by atoms with E-state index >= 15 is 0 Å². The summed E-state index contributed by atoms with van der Waals surface area (Å²) >= 11 is 0. The number of ether oxygens (including phenoxy) is 1. The molecule has 1 aliphatic rings. The molecule has 5 nitrogen and oxygen atoms in total. The van der Waals surface area contributed by atoms with Crippen molar-refractivity contribution in [2.75, 3.05) is 0 Å². The third-order valence-corrected chi connectivity index (χ3v) is 3.63. The number of amides is 2. The van der Waals surface area contributed by atoms with E-state index in [2.05, 4.69) is 15.6 Å². The molecule has 0 bridgehead atoms. The molecule has 0 radical (unpaired) electrons. The van der Waals surface area contributed by atoms with Gasteiger partial charge in [-0.05, 0) is 37.1 Å². The molecule has 1 fully saturated rings. The molecule has 0 aromatic heterocycles. The molecule has 0 heterocycles. The molecule has 1 saturated carbocycles. The minimum Gasteiger partial charge on any atom is -0.406 e. The second-order valence-corrected chi connectivity index (χ2v) is 5.35. The number of rotatable bonds is 3. The maximum atomic E-state index is 12.0. The minimum absolute atomic E-state index is 0.105. The van der Waals surface area contributed by atoms with E-state index in [4.69, 9.17) is 0 Å². The van der Waals surface area contributed by atoms with E-state index in [1.165, 1.54) is 12.1 Å². The van der Waals surface area contributed by atoms with Gasteiger partial charge in [-0.15, -0.1) is 13.2 Å².